The number of aryl methyl sites for hydroxylation is 1. The largest absolute Gasteiger partial charge is 0.320 e. The summed E-state index contributed by atoms with van der Waals surface area (Å²) in [6.45, 7) is 1.71. The van der Waals surface area contributed by atoms with Crippen molar-refractivity contribution in [2.75, 3.05) is 5.32 Å². The van der Waals surface area contributed by atoms with Crippen LogP contribution in [0.3, 0.4) is 0 Å². The van der Waals surface area contributed by atoms with Gasteiger partial charge in [0.2, 0.25) is 0 Å². The summed E-state index contributed by atoms with van der Waals surface area (Å²) >= 11 is 5.99. The van der Waals surface area contributed by atoms with E-state index >= 15 is 0 Å². The van der Waals surface area contributed by atoms with Crippen LogP contribution in [0.2, 0.25) is 5.02 Å². The molecular weight excluding hydrogens is 326 g/mol. The van der Waals surface area contributed by atoms with E-state index in [9.17, 15) is 25.0 Å². The van der Waals surface area contributed by atoms with Gasteiger partial charge in [-0.2, -0.15) is 0 Å². The molecule has 0 heterocycles. The van der Waals surface area contributed by atoms with Gasteiger partial charge in [0.15, 0.2) is 0 Å². The van der Waals surface area contributed by atoms with Crippen molar-refractivity contribution in [3.8, 4) is 0 Å². The Labute approximate surface area is 135 Å². The average Bonchev–Trinajstić information content (AvgIpc) is 2.50. The van der Waals surface area contributed by atoms with Crippen LogP contribution in [0.5, 0.6) is 0 Å². The van der Waals surface area contributed by atoms with Crippen LogP contribution in [0.15, 0.2) is 36.4 Å². The number of rotatable bonds is 4. The molecule has 0 spiro atoms. The van der Waals surface area contributed by atoms with Crippen molar-refractivity contribution >= 4 is 34.6 Å². The normalized spacial score (nSPS) is 10.2. The summed E-state index contributed by atoms with van der Waals surface area (Å²) in [7, 11) is 0. The Bertz CT molecular complexity index is 802. The third-order valence-electron chi connectivity index (χ3n) is 3.09. The predicted molar refractivity (Wildman–Crippen MR) is 83.9 cm³/mol. The third-order valence-corrected chi connectivity index (χ3v) is 3.41. The molecule has 1 amide bonds. The van der Waals surface area contributed by atoms with Crippen LogP contribution in [0.25, 0.3) is 0 Å². The van der Waals surface area contributed by atoms with Gasteiger partial charge in [0.05, 0.1) is 26.6 Å². The van der Waals surface area contributed by atoms with E-state index in [2.05, 4.69) is 5.32 Å². The van der Waals surface area contributed by atoms with Crippen LogP contribution in [0.4, 0.5) is 17.1 Å². The maximum absolute atomic E-state index is 12.3. The zero-order valence-corrected chi connectivity index (χ0v) is 12.5. The number of non-ortho nitro benzene ring substituents is 1. The standard InChI is InChI=1S/C14H10ClN3O5/c1-8-3-2-4-11(15)13(8)16-14(19)10-6-5-9(17(20)21)7-12(10)18(22)23/h2-7H,1H3,(H,16,19). The van der Waals surface area contributed by atoms with Gasteiger partial charge in [-0.1, -0.05) is 23.7 Å². The maximum atomic E-state index is 12.3. The van der Waals surface area contributed by atoms with Gasteiger partial charge >= 0.3 is 0 Å². The van der Waals surface area contributed by atoms with Crippen LogP contribution in [0.1, 0.15) is 15.9 Å². The van der Waals surface area contributed by atoms with Crippen molar-refractivity contribution < 1.29 is 14.6 Å². The van der Waals surface area contributed by atoms with Crippen molar-refractivity contribution in [1.82, 2.24) is 0 Å². The first-order valence-corrected chi connectivity index (χ1v) is 6.68. The van der Waals surface area contributed by atoms with Crippen LogP contribution >= 0.6 is 11.6 Å². The van der Waals surface area contributed by atoms with Crippen molar-refractivity contribution in [3.63, 3.8) is 0 Å². The molecule has 2 rings (SSSR count). The number of halogens is 1. The Hall–Kier alpha value is -3.00. The molecule has 2 aromatic carbocycles. The number of nitro groups is 2. The summed E-state index contributed by atoms with van der Waals surface area (Å²) in [4.78, 5) is 32.4. The highest BCUT2D eigenvalue weighted by atomic mass is 35.5. The highest BCUT2D eigenvalue weighted by Gasteiger charge is 2.24. The molecule has 0 bridgehead atoms. The highest BCUT2D eigenvalue weighted by molar-refractivity contribution is 6.34. The molecule has 0 aliphatic rings. The number of hydrogen-bond acceptors (Lipinski definition) is 5. The molecular formula is C14H10ClN3O5. The summed E-state index contributed by atoms with van der Waals surface area (Å²) in [6.07, 6.45) is 0. The van der Waals surface area contributed by atoms with E-state index in [-0.39, 0.29) is 10.6 Å². The Balaban J connectivity index is 2.43. The summed E-state index contributed by atoms with van der Waals surface area (Å²) in [6, 6.07) is 7.79. The van der Waals surface area contributed by atoms with Crippen molar-refractivity contribution in [1.29, 1.82) is 0 Å². The lowest BCUT2D eigenvalue weighted by molar-refractivity contribution is -0.394. The van der Waals surface area contributed by atoms with E-state index in [1.165, 1.54) is 0 Å². The van der Waals surface area contributed by atoms with Gasteiger partial charge in [-0.15, -0.1) is 0 Å². The Morgan fingerprint density at radius 2 is 1.83 bits per heavy atom. The molecule has 0 radical (unpaired) electrons. The summed E-state index contributed by atoms with van der Waals surface area (Å²) in [5.41, 5.74) is -0.411. The number of amides is 1. The zero-order chi connectivity index (χ0) is 17.1. The summed E-state index contributed by atoms with van der Waals surface area (Å²) in [5.74, 6) is -0.775. The quantitative estimate of drug-likeness (QED) is 0.675. The van der Waals surface area contributed by atoms with Crippen molar-refractivity contribution in [2.24, 2.45) is 0 Å². The van der Waals surface area contributed by atoms with Crippen LogP contribution in [-0.4, -0.2) is 15.8 Å². The van der Waals surface area contributed by atoms with E-state index in [0.717, 1.165) is 18.2 Å². The molecule has 0 unspecified atom stereocenters. The van der Waals surface area contributed by atoms with E-state index in [1.807, 2.05) is 0 Å². The second-order valence-electron chi connectivity index (χ2n) is 4.60. The molecule has 8 nitrogen and oxygen atoms in total. The Kier molecular flexibility index (Phi) is 4.56. The number of benzene rings is 2. The number of nitrogens with one attached hydrogen (secondary N) is 1. The molecule has 0 aliphatic carbocycles. The van der Waals surface area contributed by atoms with E-state index in [1.54, 1.807) is 25.1 Å². The fourth-order valence-corrected chi connectivity index (χ4v) is 2.22. The minimum absolute atomic E-state index is 0.280. The molecule has 2 aromatic rings. The number of para-hydroxylation sites is 1. The number of carbonyl (C=O) groups is 1. The average molecular weight is 336 g/mol. The third kappa shape index (κ3) is 3.43. The lowest BCUT2D eigenvalue weighted by atomic mass is 10.1. The SMILES string of the molecule is Cc1cccc(Cl)c1NC(=O)c1ccc([N+](=O)[O-])cc1[N+](=O)[O-]. The highest BCUT2D eigenvalue weighted by Crippen LogP contribution is 2.29. The topological polar surface area (TPSA) is 115 Å². The molecule has 0 aliphatic heterocycles. The van der Waals surface area contributed by atoms with Crippen molar-refractivity contribution in [3.05, 3.63) is 72.8 Å². The predicted octanol–water partition coefficient (Wildman–Crippen LogP) is 3.72. The summed E-state index contributed by atoms with van der Waals surface area (Å²) in [5, 5.41) is 24.5. The number of anilines is 1. The fraction of sp³-hybridized carbons (Fsp3) is 0.0714. The van der Waals surface area contributed by atoms with Gasteiger partial charge in [0, 0.05) is 6.07 Å². The van der Waals surface area contributed by atoms with Crippen LogP contribution < -0.4 is 5.32 Å². The van der Waals surface area contributed by atoms with Gasteiger partial charge in [0.25, 0.3) is 17.3 Å². The molecule has 0 aromatic heterocycles. The van der Waals surface area contributed by atoms with Gasteiger partial charge in [-0.25, -0.2) is 0 Å². The first-order valence-electron chi connectivity index (χ1n) is 6.30. The fourth-order valence-electron chi connectivity index (χ4n) is 1.95. The molecule has 1 N–H and O–H groups in total. The van der Waals surface area contributed by atoms with Gasteiger partial charge in [0.1, 0.15) is 5.56 Å². The Morgan fingerprint density at radius 3 is 2.39 bits per heavy atom. The molecule has 118 valence electrons. The minimum Gasteiger partial charge on any atom is -0.320 e. The van der Waals surface area contributed by atoms with E-state index < -0.39 is 27.1 Å². The monoisotopic (exact) mass is 335 g/mol. The second kappa shape index (κ2) is 6.41. The van der Waals surface area contributed by atoms with Crippen molar-refractivity contribution in [2.45, 2.75) is 6.92 Å². The van der Waals surface area contributed by atoms with E-state index in [0.29, 0.717) is 11.3 Å². The molecule has 9 heteroatoms. The van der Waals surface area contributed by atoms with Crippen LogP contribution in [-0.2, 0) is 0 Å². The first kappa shape index (κ1) is 16.4. The molecule has 0 saturated carbocycles. The van der Waals surface area contributed by atoms with Gasteiger partial charge < -0.3 is 5.32 Å². The number of nitro benzene ring substituents is 2. The number of nitrogens with zero attached hydrogens (tertiary/aromatic N) is 2. The number of hydrogen-bond donors (Lipinski definition) is 1. The molecule has 0 fully saturated rings. The maximum Gasteiger partial charge on any atom is 0.289 e. The van der Waals surface area contributed by atoms with E-state index in [4.69, 9.17) is 11.6 Å². The van der Waals surface area contributed by atoms with Crippen LogP contribution in [0, 0.1) is 27.2 Å². The van der Waals surface area contributed by atoms with Gasteiger partial charge in [-0.3, -0.25) is 25.0 Å². The second-order valence-corrected chi connectivity index (χ2v) is 5.01. The lowest BCUT2D eigenvalue weighted by Gasteiger charge is -2.10. The lowest BCUT2D eigenvalue weighted by Crippen LogP contribution is -2.15. The summed E-state index contributed by atoms with van der Waals surface area (Å²) < 4.78 is 0. The molecule has 0 atom stereocenters. The smallest absolute Gasteiger partial charge is 0.289 e. The number of carbonyl (C=O) groups excluding carboxylic acids is 1. The van der Waals surface area contributed by atoms with Gasteiger partial charge in [-0.05, 0) is 24.6 Å². The Morgan fingerprint density at radius 1 is 1.13 bits per heavy atom. The molecule has 0 saturated heterocycles. The first-order chi connectivity index (χ1) is 10.8. The minimum atomic E-state index is -0.846. The zero-order valence-electron chi connectivity index (χ0n) is 11.8. The molecule has 23 heavy (non-hydrogen) atoms.